The van der Waals surface area contributed by atoms with E-state index in [1.807, 2.05) is 0 Å². The Hall–Kier alpha value is -0.590. The first-order chi connectivity index (χ1) is 7.52. The zero-order valence-electron chi connectivity index (χ0n) is 10.6. The molecule has 2 fully saturated rings. The first-order valence-corrected chi connectivity index (χ1v) is 6.68. The van der Waals surface area contributed by atoms with Crippen LogP contribution in [0.15, 0.2) is 11.6 Å². The van der Waals surface area contributed by atoms with Crippen LogP contribution in [0.25, 0.3) is 0 Å². The van der Waals surface area contributed by atoms with Crippen LogP contribution in [0.4, 0.5) is 0 Å². The number of allylic oxidation sites excluding steroid dienone is 2. The summed E-state index contributed by atoms with van der Waals surface area (Å²) in [4.78, 5) is 11.3. The van der Waals surface area contributed by atoms with Gasteiger partial charge in [0.2, 0.25) is 0 Å². The predicted octanol–water partition coefficient (Wildman–Crippen LogP) is 3.59. The molecular weight excluding hydrogens is 196 g/mol. The van der Waals surface area contributed by atoms with E-state index < -0.39 is 0 Å². The maximum absolute atomic E-state index is 11.3. The van der Waals surface area contributed by atoms with E-state index in [9.17, 15) is 4.79 Å². The van der Waals surface area contributed by atoms with E-state index in [0.29, 0.717) is 5.41 Å². The molecule has 16 heavy (non-hydrogen) atoms. The van der Waals surface area contributed by atoms with Crippen molar-refractivity contribution in [1.29, 1.82) is 0 Å². The fourth-order valence-electron chi connectivity index (χ4n) is 5.27. The van der Waals surface area contributed by atoms with Crippen molar-refractivity contribution in [1.82, 2.24) is 0 Å². The summed E-state index contributed by atoms with van der Waals surface area (Å²) in [5.41, 5.74) is 1.85. The van der Waals surface area contributed by atoms with Gasteiger partial charge in [0.05, 0.1) is 0 Å². The van der Waals surface area contributed by atoms with E-state index in [1.54, 1.807) is 0 Å². The quantitative estimate of drug-likeness (QED) is 0.615. The van der Waals surface area contributed by atoms with Crippen LogP contribution in [-0.4, -0.2) is 6.29 Å². The van der Waals surface area contributed by atoms with Crippen LogP contribution in [-0.2, 0) is 4.79 Å². The van der Waals surface area contributed by atoms with Gasteiger partial charge in [-0.25, -0.2) is 0 Å². The van der Waals surface area contributed by atoms with E-state index in [0.717, 1.165) is 36.0 Å². The molecule has 0 aromatic rings. The molecule has 2 saturated carbocycles. The molecule has 4 atom stereocenters. The van der Waals surface area contributed by atoms with Gasteiger partial charge in [-0.1, -0.05) is 26.8 Å². The van der Waals surface area contributed by atoms with Crippen LogP contribution in [0.1, 0.15) is 46.5 Å². The van der Waals surface area contributed by atoms with Crippen LogP contribution < -0.4 is 0 Å². The number of carbonyl (C=O) groups excluding carboxylic acids is 1. The van der Waals surface area contributed by atoms with Gasteiger partial charge < -0.3 is 0 Å². The lowest BCUT2D eigenvalue weighted by atomic mass is 9.67. The maximum atomic E-state index is 11.3. The number of hydrogen-bond donors (Lipinski definition) is 0. The van der Waals surface area contributed by atoms with E-state index in [4.69, 9.17) is 0 Å². The van der Waals surface area contributed by atoms with Crippen LogP contribution in [0, 0.1) is 28.6 Å². The van der Waals surface area contributed by atoms with Crippen LogP contribution >= 0.6 is 0 Å². The third-order valence-electron chi connectivity index (χ3n) is 6.11. The van der Waals surface area contributed by atoms with Crippen molar-refractivity contribution >= 4 is 6.29 Å². The number of fused-ring (bicyclic) bond motifs is 1. The van der Waals surface area contributed by atoms with Gasteiger partial charge in [-0.05, 0) is 54.4 Å². The summed E-state index contributed by atoms with van der Waals surface area (Å²) < 4.78 is 0. The first kappa shape index (κ1) is 10.6. The Kier molecular flexibility index (Phi) is 1.98. The Balaban J connectivity index is 2.08. The molecule has 1 heteroatoms. The van der Waals surface area contributed by atoms with Gasteiger partial charge in [-0.15, -0.1) is 0 Å². The Morgan fingerprint density at radius 1 is 1.44 bits per heavy atom. The highest BCUT2D eigenvalue weighted by atomic mass is 16.1. The minimum Gasteiger partial charge on any atom is -0.298 e. The molecule has 1 nitrogen and oxygen atoms in total. The van der Waals surface area contributed by atoms with Crippen LogP contribution in [0.3, 0.4) is 0 Å². The molecule has 0 heterocycles. The summed E-state index contributed by atoms with van der Waals surface area (Å²) >= 11 is 0. The zero-order chi connectivity index (χ0) is 11.6. The summed E-state index contributed by atoms with van der Waals surface area (Å²) in [5, 5.41) is 0. The van der Waals surface area contributed by atoms with Crippen molar-refractivity contribution in [2.45, 2.75) is 46.5 Å². The molecular formula is C15H22O. The minimum absolute atomic E-state index is 0.280. The molecule has 0 aromatic carbocycles. The van der Waals surface area contributed by atoms with E-state index in [-0.39, 0.29) is 5.41 Å². The second-order valence-corrected chi connectivity index (χ2v) is 6.87. The van der Waals surface area contributed by atoms with Crippen molar-refractivity contribution in [3.8, 4) is 0 Å². The van der Waals surface area contributed by atoms with Gasteiger partial charge in [0.1, 0.15) is 6.29 Å². The molecule has 3 aliphatic carbocycles. The molecule has 1 spiro atoms. The summed E-state index contributed by atoms with van der Waals surface area (Å²) in [6.07, 6.45) is 8.36. The van der Waals surface area contributed by atoms with Gasteiger partial charge >= 0.3 is 0 Å². The second kappa shape index (κ2) is 3.00. The number of hydrogen-bond acceptors (Lipinski definition) is 1. The van der Waals surface area contributed by atoms with Gasteiger partial charge in [-0.2, -0.15) is 0 Å². The minimum atomic E-state index is 0.280. The topological polar surface area (TPSA) is 17.1 Å². The Morgan fingerprint density at radius 2 is 2.19 bits per heavy atom. The molecule has 0 radical (unpaired) electrons. The largest absolute Gasteiger partial charge is 0.298 e. The van der Waals surface area contributed by atoms with Gasteiger partial charge in [0, 0.05) is 5.41 Å². The van der Waals surface area contributed by atoms with Crippen molar-refractivity contribution in [2.24, 2.45) is 28.6 Å². The van der Waals surface area contributed by atoms with E-state index >= 15 is 0 Å². The molecule has 4 unspecified atom stereocenters. The highest BCUT2D eigenvalue weighted by molar-refractivity contribution is 5.77. The van der Waals surface area contributed by atoms with Crippen LogP contribution in [0.2, 0.25) is 0 Å². The zero-order valence-corrected chi connectivity index (χ0v) is 10.6. The lowest BCUT2D eigenvalue weighted by molar-refractivity contribution is -0.106. The smallest absolute Gasteiger partial charge is 0.146 e. The third kappa shape index (κ3) is 1.00. The molecule has 0 amide bonds. The summed E-state index contributed by atoms with van der Waals surface area (Å²) in [5.74, 6) is 2.41. The van der Waals surface area contributed by atoms with Gasteiger partial charge in [-0.3, -0.25) is 4.79 Å². The third-order valence-corrected chi connectivity index (χ3v) is 6.11. The monoisotopic (exact) mass is 218 g/mol. The fourth-order valence-corrected chi connectivity index (χ4v) is 5.27. The Morgan fingerprint density at radius 3 is 2.88 bits per heavy atom. The van der Waals surface area contributed by atoms with E-state index in [2.05, 4.69) is 26.8 Å². The summed E-state index contributed by atoms with van der Waals surface area (Å²) in [6, 6.07) is 0. The standard InChI is InChI=1S/C15H22O/c1-10-6-7-15-8-12(10)14(2,3)13(15)5-4-11(15)9-16/h4,9-10,12-13H,5-8H2,1-3H3. The van der Waals surface area contributed by atoms with Crippen LogP contribution in [0.5, 0.6) is 0 Å². The summed E-state index contributed by atoms with van der Waals surface area (Å²) in [7, 11) is 0. The number of rotatable bonds is 1. The highest BCUT2D eigenvalue weighted by Gasteiger charge is 2.63. The molecule has 3 aliphatic rings. The lowest BCUT2D eigenvalue weighted by Crippen LogP contribution is -2.29. The number of carbonyl (C=O) groups is 1. The fraction of sp³-hybridized carbons (Fsp3) is 0.800. The van der Waals surface area contributed by atoms with E-state index in [1.165, 1.54) is 19.3 Å². The maximum Gasteiger partial charge on any atom is 0.146 e. The van der Waals surface area contributed by atoms with Gasteiger partial charge in [0.15, 0.2) is 0 Å². The average molecular weight is 218 g/mol. The predicted molar refractivity (Wildman–Crippen MR) is 65.0 cm³/mol. The Labute approximate surface area is 98.3 Å². The SMILES string of the molecule is CC1CCC23CC1C(C)(C)C2CC=C3C=O. The summed E-state index contributed by atoms with van der Waals surface area (Å²) in [6.45, 7) is 7.28. The van der Waals surface area contributed by atoms with Crippen molar-refractivity contribution in [3.63, 3.8) is 0 Å². The molecule has 2 bridgehead atoms. The average Bonchev–Trinajstić information content (AvgIpc) is 2.68. The Bertz CT molecular complexity index is 366. The molecule has 0 saturated heterocycles. The molecule has 0 N–H and O–H groups in total. The molecule has 88 valence electrons. The molecule has 3 rings (SSSR count). The highest BCUT2D eigenvalue weighted by Crippen LogP contribution is 2.70. The molecule has 0 aromatic heterocycles. The van der Waals surface area contributed by atoms with Crippen molar-refractivity contribution in [3.05, 3.63) is 11.6 Å². The normalized spacial score (nSPS) is 48.7. The number of aldehydes is 1. The second-order valence-electron chi connectivity index (χ2n) is 6.87. The molecule has 0 aliphatic heterocycles. The van der Waals surface area contributed by atoms with Gasteiger partial charge in [0.25, 0.3) is 0 Å². The lowest BCUT2D eigenvalue weighted by Gasteiger charge is -2.36. The first-order valence-electron chi connectivity index (χ1n) is 6.68. The van der Waals surface area contributed by atoms with Crippen molar-refractivity contribution < 1.29 is 4.79 Å². The van der Waals surface area contributed by atoms with Crippen molar-refractivity contribution in [2.75, 3.05) is 0 Å².